The Bertz CT molecular complexity index is 286. The molecule has 2 heteroatoms. The Labute approximate surface area is 118 Å². The van der Waals surface area contributed by atoms with Crippen LogP contribution < -0.4 is 0 Å². The summed E-state index contributed by atoms with van der Waals surface area (Å²) in [6, 6.07) is 0. The Hall–Kier alpha value is -1.01. The molecule has 0 aromatic heterocycles. The number of esters is 1. The third-order valence-electron chi connectivity index (χ3n) is 3.04. The van der Waals surface area contributed by atoms with Crippen molar-refractivity contribution in [2.75, 3.05) is 6.61 Å². The van der Waals surface area contributed by atoms with Crippen molar-refractivity contribution in [1.82, 2.24) is 0 Å². The van der Waals surface area contributed by atoms with Crippen LogP contribution in [0.1, 0.15) is 78.6 Å². The van der Waals surface area contributed by atoms with Gasteiger partial charge in [0.15, 0.2) is 0 Å². The number of carbonyl (C=O) groups is 1. The quantitative estimate of drug-likeness (QED) is 0.292. The summed E-state index contributed by atoms with van der Waals surface area (Å²) >= 11 is 0. The first-order valence-corrected chi connectivity index (χ1v) is 7.83. The molecule has 0 aromatic rings. The number of ether oxygens (including phenoxy) is 1. The molecule has 0 fully saturated rings. The van der Waals surface area contributed by atoms with E-state index >= 15 is 0 Å². The molecule has 0 heterocycles. The highest BCUT2D eigenvalue weighted by molar-refractivity contribution is 5.71. The maximum atomic E-state index is 11.2. The normalized spacial score (nSPS) is 9.84. The van der Waals surface area contributed by atoms with Crippen LogP contribution in [0.4, 0.5) is 0 Å². The molecule has 0 spiro atoms. The number of unbranched alkanes of at least 4 members (excludes halogenated alkanes) is 4. The standard InChI is InChI=1S/C17H30O2/c1-4-7-9-10-13-16(12-8-5-2)14-11-15-17(18)19-6-3/h11H,4-10,12-13,15H2,1-3H3. The number of hydrogen-bond donors (Lipinski definition) is 0. The summed E-state index contributed by atoms with van der Waals surface area (Å²) in [6.07, 6.45) is 12.0. The molecule has 0 atom stereocenters. The van der Waals surface area contributed by atoms with E-state index in [0.717, 1.165) is 12.8 Å². The van der Waals surface area contributed by atoms with E-state index in [1.165, 1.54) is 44.1 Å². The molecule has 110 valence electrons. The number of carbonyl (C=O) groups excluding carboxylic acids is 1. The Kier molecular flexibility index (Phi) is 12.7. The molecular formula is C17H30O2. The molecule has 0 aliphatic heterocycles. The zero-order valence-electron chi connectivity index (χ0n) is 13.0. The molecule has 0 radical (unpaired) electrons. The van der Waals surface area contributed by atoms with Crippen molar-refractivity contribution < 1.29 is 9.53 Å². The van der Waals surface area contributed by atoms with Gasteiger partial charge in [-0.25, -0.2) is 0 Å². The topological polar surface area (TPSA) is 26.3 Å². The average Bonchev–Trinajstić information content (AvgIpc) is 2.40. The van der Waals surface area contributed by atoms with Crippen LogP contribution in [-0.2, 0) is 9.53 Å². The first kappa shape index (κ1) is 18.0. The van der Waals surface area contributed by atoms with Crippen molar-refractivity contribution in [3.8, 4) is 0 Å². The van der Waals surface area contributed by atoms with Crippen molar-refractivity contribution in [3.05, 3.63) is 17.4 Å². The van der Waals surface area contributed by atoms with Crippen LogP contribution in [0, 0.1) is 0 Å². The third kappa shape index (κ3) is 11.8. The second-order valence-corrected chi connectivity index (χ2v) is 4.88. The SMILES string of the molecule is CCCCCCC(=C=CCC(=O)OCC)CCCC. The minimum atomic E-state index is -0.157. The van der Waals surface area contributed by atoms with Gasteiger partial charge < -0.3 is 4.74 Å². The molecule has 0 rings (SSSR count). The van der Waals surface area contributed by atoms with E-state index in [1.807, 2.05) is 13.0 Å². The van der Waals surface area contributed by atoms with Crippen molar-refractivity contribution in [2.45, 2.75) is 78.6 Å². The van der Waals surface area contributed by atoms with Gasteiger partial charge in [0.25, 0.3) is 0 Å². The molecule has 2 nitrogen and oxygen atoms in total. The lowest BCUT2D eigenvalue weighted by Gasteiger charge is -2.04. The van der Waals surface area contributed by atoms with Crippen LogP contribution in [0.3, 0.4) is 0 Å². The van der Waals surface area contributed by atoms with Crippen LogP contribution >= 0.6 is 0 Å². The molecule has 0 saturated heterocycles. The van der Waals surface area contributed by atoms with Crippen LogP contribution in [0.2, 0.25) is 0 Å². The monoisotopic (exact) mass is 266 g/mol. The molecule has 0 amide bonds. The molecular weight excluding hydrogens is 236 g/mol. The van der Waals surface area contributed by atoms with Crippen LogP contribution in [-0.4, -0.2) is 12.6 Å². The molecule has 0 bridgehead atoms. The summed E-state index contributed by atoms with van der Waals surface area (Å²) in [6.45, 7) is 6.72. The first-order chi connectivity index (χ1) is 9.24. The van der Waals surface area contributed by atoms with Gasteiger partial charge in [-0.2, -0.15) is 0 Å². The lowest BCUT2D eigenvalue weighted by Crippen LogP contribution is -2.01. The van der Waals surface area contributed by atoms with E-state index < -0.39 is 0 Å². The number of hydrogen-bond acceptors (Lipinski definition) is 2. The molecule has 0 N–H and O–H groups in total. The highest BCUT2D eigenvalue weighted by Crippen LogP contribution is 2.15. The van der Waals surface area contributed by atoms with E-state index in [-0.39, 0.29) is 5.97 Å². The predicted octanol–water partition coefficient (Wildman–Crippen LogP) is 5.18. The van der Waals surface area contributed by atoms with Gasteiger partial charge in [-0.15, -0.1) is 5.73 Å². The second-order valence-electron chi connectivity index (χ2n) is 4.88. The minimum absolute atomic E-state index is 0.157. The van der Waals surface area contributed by atoms with Gasteiger partial charge in [-0.1, -0.05) is 39.5 Å². The Morgan fingerprint density at radius 2 is 1.68 bits per heavy atom. The molecule has 0 aliphatic rings. The van der Waals surface area contributed by atoms with E-state index in [2.05, 4.69) is 19.6 Å². The minimum Gasteiger partial charge on any atom is -0.466 e. The van der Waals surface area contributed by atoms with Gasteiger partial charge in [0.05, 0.1) is 13.0 Å². The van der Waals surface area contributed by atoms with Gasteiger partial charge in [0.2, 0.25) is 0 Å². The summed E-state index contributed by atoms with van der Waals surface area (Å²) in [4.78, 5) is 11.2. The average molecular weight is 266 g/mol. The summed E-state index contributed by atoms with van der Waals surface area (Å²) in [5, 5.41) is 0. The summed E-state index contributed by atoms with van der Waals surface area (Å²) in [5.41, 5.74) is 4.67. The van der Waals surface area contributed by atoms with E-state index in [9.17, 15) is 4.79 Å². The summed E-state index contributed by atoms with van der Waals surface area (Å²) in [7, 11) is 0. The summed E-state index contributed by atoms with van der Waals surface area (Å²) in [5.74, 6) is -0.157. The third-order valence-corrected chi connectivity index (χ3v) is 3.04. The van der Waals surface area contributed by atoms with Crippen molar-refractivity contribution >= 4 is 5.97 Å². The van der Waals surface area contributed by atoms with Crippen LogP contribution in [0.25, 0.3) is 0 Å². The maximum Gasteiger partial charge on any atom is 0.310 e. The largest absolute Gasteiger partial charge is 0.466 e. The van der Waals surface area contributed by atoms with E-state index in [4.69, 9.17) is 4.74 Å². The molecule has 0 unspecified atom stereocenters. The maximum absolute atomic E-state index is 11.2. The fourth-order valence-corrected chi connectivity index (χ4v) is 1.92. The highest BCUT2D eigenvalue weighted by atomic mass is 16.5. The van der Waals surface area contributed by atoms with Gasteiger partial charge in [0.1, 0.15) is 0 Å². The van der Waals surface area contributed by atoms with Crippen molar-refractivity contribution in [1.29, 1.82) is 0 Å². The van der Waals surface area contributed by atoms with E-state index in [1.54, 1.807) is 0 Å². The molecule has 19 heavy (non-hydrogen) atoms. The van der Waals surface area contributed by atoms with E-state index in [0.29, 0.717) is 13.0 Å². The zero-order chi connectivity index (χ0) is 14.3. The highest BCUT2D eigenvalue weighted by Gasteiger charge is 1.99. The van der Waals surface area contributed by atoms with Crippen molar-refractivity contribution in [3.63, 3.8) is 0 Å². The Balaban J connectivity index is 4.20. The van der Waals surface area contributed by atoms with Gasteiger partial charge in [0, 0.05) is 0 Å². The lowest BCUT2D eigenvalue weighted by molar-refractivity contribution is -0.142. The second kappa shape index (κ2) is 13.4. The van der Waals surface area contributed by atoms with Gasteiger partial charge in [-0.3, -0.25) is 4.79 Å². The smallest absolute Gasteiger partial charge is 0.310 e. The number of rotatable bonds is 11. The lowest BCUT2D eigenvalue weighted by atomic mass is 10.0. The molecule has 0 saturated carbocycles. The van der Waals surface area contributed by atoms with Gasteiger partial charge >= 0.3 is 5.97 Å². The van der Waals surface area contributed by atoms with Crippen LogP contribution in [0.5, 0.6) is 0 Å². The van der Waals surface area contributed by atoms with Gasteiger partial charge in [-0.05, 0) is 44.3 Å². The zero-order valence-corrected chi connectivity index (χ0v) is 13.0. The first-order valence-electron chi connectivity index (χ1n) is 7.83. The Morgan fingerprint density at radius 3 is 2.32 bits per heavy atom. The molecule has 0 aromatic carbocycles. The van der Waals surface area contributed by atoms with Crippen LogP contribution in [0.15, 0.2) is 17.4 Å². The van der Waals surface area contributed by atoms with Crippen molar-refractivity contribution in [2.24, 2.45) is 0 Å². The molecule has 0 aliphatic carbocycles. The fourth-order valence-electron chi connectivity index (χ4n) is 1.92. The summed E-state index contributed by atoms with van der Waals surface area (Å²) < 4.78 is 4.90. The Morgan fingerprint density at radius 1 is 1.00 bits per heavy atom. The fraction of sp³-hybridized carbons (Fsp3) is 0.765. The predicted molar refractivity (Wildman–Crippen MR) is 81.1 cm³/mol.